The second kappa shape index (κ2) is 11.2. The normalized spacial score (nSPS) is 19.0. The maximum atomic E-state index is 15.0. The van der Waals surface area contributed by atoms with Crippen LogP contribution in [-0.4, -0.2) is 72.3 Å². The molecule has 12 heteroatoms. The Hall–Kier alpha value is -2.99. The Morgan fingerprint density at radius 3 is 2.79 bits per heavy atom. The first kappa shape index (κ1) is 27.6. The number of amides is 1. The first-order valence-corrected chi connectivity index (χ1v) is 13.7. The van der Waals surface area contributed by atoms with E-state index in [1.807, 2.05) is 11.8 Å². The van der Waals surface area contributed by atoms with Crippen molar-refractivity contribution in [2.45, 2.75) is 23.9 Å². The van der Waals surface area contributed by atoms with Gasteiger partial charge in [0.2, 0.25) is 5.91 Å². The fourth-order valence-electron chi connectivity index (χ4n) is 5.21. The van der Waals surface area contributed by atoms with Crippen LogP contribution in [0.15, 0.2) is 46.6 Å². The van der Waals surface area contributed by atoms with E-state index < -0.39 is 17.3 Å². The van der Waals surface area contributed by atoms with Crippen molar-refractivity contribution in [2.24, 2.45) is 0 Å². The number of rotatable bonds is 7. The minimum Gasteiger partial charge on any atom is -0.359 e. The molecule has 8 nitrogen and oxygen atoms in total. The number of carbonyl (C=O) groups is 1. The summed E-state index contributed by atoms with van der Waals surface area (Å²) < 4.78 is 40.9. The lowest BCUT2D eigenvalue weighted by Crippen LogP contribution is -2.54. The number of piperazine rings is 1. The van der Waals surface area contributed by atoms with Gasteiger partial charge in [-0.25, -0.2) is 13.6 Å². The van der Waals surface area contributed by atoms with E-state index in [2.05, 4.69) is 11.6 Å². The zero-order valence-corrected chi connectivity index (χ0v) is 23.0. The van der Waals surface area contributed by atoms with Crippen molar-refractivity contribution < 1.29 is 23.0 Å². The number of anilines is 1. The van der Waals surface area contributed by atoms with Gasteiger partial charge in [-0.2, -0.15) is 4.98 Å². The van der Waals surface area contributed by atoms with E-state index in [1.165, 1.54) is 37.1 Å². The van der Waals surface area contributed by atoms with Gasteiger partial charge in [0.1, 0.15) is 24.2 Å². The molecule has 5 rings (SSSR count). The van der Waals surface area contributed by atoms with Crippen molar-refractivity contribution in [1.29, 1.82) is 0 Å². The number of hydrogen-bond acceptors (Lipinski definition) is 7. The molecule has 1 amide bonds. The fraction of sp³-hybridized carbons (Fsp3) is 0.370. The van der Waals surface area contributed by atoms with Gasteiger partial charge in [0.15, 0.2) is 0 Å². The number of thioether (sulfide) groups is 1. The number of nitrogens with zero attached hydrogens (tertiary/aromatic N) is 4. The number of hydrogen-bond donors (Lipinski definition) is 0. The van der Waals surface area contributed by atoms with Crippen LogP contribution in [0.25, 0.3) is 22.0 Å². The summed E-state index contributed by atoms with van der Waals surface area (Å²) in [4.78, 5) is 34.6. The molecule has 2 aromatic carbocycles. The first-order valence-electron chi connectivity index (χ1n) is 12.4. The molecule has 1 fully saturated rings. The van der Waals surface area contributed by atoms with Gasteiger partial charge in [0, 0.05) is 66.0 Å². The van der Waals surface area contributed by atoms with Crippen molar-refractivity contribution in [1.82, 2.24) is 14.5 Å². The highest BCUT2D eigenvalue weighted by molar-refractivity contribution is 7.99. The Kier molecular flexibility index (Phi) is 7.95. The molecule has 0 radical (unpaired) electrons. The molecule has 0 unspecified atom stereocenters. The van der Waals surface area contributed by atoms with Crippen LogP contribution in [0.4, 0.5) is 14.6 Å². The predicted octanol–water partition coefficient (Wildman–Crippen LogP) is 4.49. The largest absolute Gasteiger partial charge is 0.359 e. The number of ether oxygens (including phenoxy) is 2. The molecule has 3 heterocycles. The van der Waals surface area contributed by atoms with Crippen LogP contribution in [-0.2, 0) is 14.3 Å². The summed E-state index contributed by atoms with van der Waals surface area (Å²) in [5.41, 5.74) is 0.617. The van der Waals surface area contributed by atoms with Crippen LogP contribution in [0.1, 0.15) is 13.0 Å². The van der Waals surface area contributed by atoms with Gasteiger partial charge in [-0.3, -0.25) is 9.36 Å². The molecule has 2 atom stereocenters. The number of aromatic nitrogens is 2. The number of carbonyl (C=O) groups excluding carboxylic acids is 1. The van der Waals surface area contributed by atoms with Crippen LogP contribution in [0.2, 0.25) is 5.02 Å². The van der Waals surface area contributed by atoms with Crippen LogP contribution < -0.4 is 10.6 Å². The monoisotopic (exact) mass is 576 g/mol. The maximum Gasteiger partial charge on any atom is 0.350 e. The van der Waals surface area contributed by atoms with Crippen molar-refractivity contribution in [3.63, 3.8) is 0 Å². The third-order valence-electron chi connectivity index (χ3n) is 6.98. The molecule has 206 valence electrons. The van der Waals surface area contributed by atoms with Gasteiger partial charge in [0.25, 0.3) is 0 Å². The quantitative estimate of drug-likeness (QED) is 0.233. The minimum atomic E-state index is -0.751. The Labute approximate surface area is 233 Å². The molecule has 0 aliphatic carbocycles. The van der Waals surface area contributed by atoms with Gasteiger partial charge in [0.05, 0.1) is 23.2 Å². The van der Waals surface area contributed by atoms with Crippen LogP contribution in [0.5, 0.6) is 0 Å². The van der Waals surface area contributed by atoms with Gasteiger partial charge < -0.3 is 19.3 Å². The molecule has 0 saturated carbocycles. The minimum absolute atomic E-state index is 0.0648. The average Bonchev–Trinajstić information content (AvgIpc) is 2.91. The third-order valence-corrected chi connectivity index (χ3v) is 8.52. The van der Waals surface area contributed by atoms with Crippen LogP contribution in [0, 0.1) is 11.6 Å². The Morgan fingerprint density at radius 2 is 2.10 bits per heavy atom. The standard InChI is InChI=1S/C27H27ClF2N4O4S/c1-4-22(35)32-7-8-33(15(2)11-32)26-19-10-20(28)23(18-6-5-16(29)9-21(18)30)25-24(19)34(27(36)31-26)17(13-39-25)12-38-14-37-3/h4-6,9-10,15,17H,1,7-8,11-14H2,2-3H3/t15-,17+/m0/s1. The van der Waals surface area contributed by atoms with E-state index in [0.717, 1.165) is 6.07 Å². The molecule has 3 aromatic rings. The zero-order chi connectivity index (χ0) is 27.8. The Balaban J connectivity index is 1.71. The van der Waals surface area contributed by atoms with E-state index in [9.17, 15) is 18.4 Å². The highest BCUT2D eigenvalue weighted by atomic mass is 35.5. The highest BCUT2D eigenvalue weighted by Crippen LogP contribution is 2.48. The van der Waals surface area contributed by atoms with E-state index in [4.69, 9.17) is 21.1 Å². The zero-order valence-electron chi connectivity index (χ0n) is 21.5. The van der Waals surface area contributed by atoms with Crippen molar-refractivity contribution in [2.75, 3.05) is 50.8 Å². The van der Waals surface area contributed by atoms with E-state index >= 15 is 0 Å². The molecule has 0 spiro atoms. The lowest BCUT2D eigenvalue weighted by atomic mass is 10.0. The molecule has 39 heavy (non-hydrogen) atoms. The maximum absolute atomic E-state index is 15.0. The smallest absolute Gasteiger partial charge is 0.350 e. The lowest BCUT2D eigenvalue weighted by Gasteiger charge is -2.41. The van der Waals surface area contributed by atoms with E-state index in [-0.39, 0.29) is 42.0 Å². The fourth-order valence-corrected chi connectivity index (χ4v) is 6.89. The predicted molar refractivity (Wildman–Crippen MR) is 148 cm³/mol. The second-order valence-corrected chi connectivity index (χ2v) is 10.9. The summed E-state index contributed by atoms with van der Waals surface area (Å²) in [6, 6.07) is 4.52. The molecule has 1 saturated heterocycles. The summed E-state index contributed by atoms with van der Waals surface area (Å²) >= 11 is 8.24. The van der Waals surface area contributed by atoms with Crippen molar-refractivity contribution in [3.05, 3.63) is 64.1 Å². The summed E-state index contributed by atoms with van der Waals surface area (Å²) in [5.74, 6) is -0.718. The van der Waals surface area contributed by atoms with Crippen LogP contribution >= 0.6 is 23.4 Å². The molecule has 0 bridgehead atoms. The van der Waals surface area contributed by atoms with Gasteiger partial charge in [-0.15, -0.1) is 11.8 Å². The molecular weight excluding hydrogens is 550 g/mol. The molecule has 2 aliphatic heterocycles. The Morgan fingerprint density at radius 1 is 1.31 bits per heavy atom. The first-order chi connectivity index (χ1) is 18.7. The lowest BCUT2D eigenvalue weighted by molar-refractivity contribution is -0.126. The topological polar surface area (TPSA) is 76.9 Å². The molecule has 2 aliphatic rings. The van der Waals surface area contributed by atoms with Gasteiger partial charge >= 0.3 is 5.69 Å². The van der Waals surface area contributed by atoms with E-state index in [0.29, 0.717) is 52.6 Å². The number of benzene rings is 2. The molecular formula is C27H27ClF2N4O4S. The molecule has 0 N–H and O–H groups in total. The van der Waals surface area contributed by atoms with E-state index in [1.54, 1.807) is 15.5 Å². The second-order valence-electron chi connectivity index (χ2n) is 9.44. The SMILES string of the molecule is C=CC(=O)N1CCN(c2nc(=O)n3c4c(c(-c5ccc(F)cc5F)c(Cl)cc24)SC[C@H]3COCOC)[C@@H](C)C1. The number of methoxy groups -OCH3 is 1. The molecule has 1 aromatic heterocycles. The summed E-state index contributed by atoms with van der Waals surface area (Å²) in [7, 11) is 1.51. The van der Waals surface area contributed by atoms with Crippen LogP contribution in [0.3, 0.4) is 0 Å². The average molecular weight is 577 g/mol. The third kappa shape index (κ3) is 5.04. The number of halogens is 3. The van der Waals surface area contributed by atoms with Gasteiger partial charge in [-0.1, -0.05) is 18.2 Å². The van der Waals surface area contributed by atoms with Gasteiger partial charge in [-0.05, 0) is 31.2 Å². The highest BCUT2D eigenvalue weighted by Gasteiger charge is 2.34. The summed E-state index contributed by atoms with van der Waals surface area (Å²) in [5, 5.41) is 0.881. The van der Waals surface area contributed by atoms with Crippen molar-refractivity contribution >= 4 is 46.0 Å². The Bertz CT molecular complexity index is 1520. The summed E-state index contributed by atoms with van der Waals surface area (Å²) in [6.45, 7) is 7.10. The van der Waals surface area contributed by atoms with Crippen molar-refractivity contribution in [3.8, 4) is 11.1 Å². The summed E-state index contributed by atoms with van der Waals surface area (Å²) in [6.07, 6.45) is 1.29.